The van der Waals surface area contributed by atoms with Gasteiger partial charge in [-0.15, -0.1) is 0 Å². The van der Waals surface area contributed by atoms with Gasteiger partial charge in [-0.05, 0) is 18.2 Å². The zero-order valence-electron chi connectivity index (χ0n) is 14.8. The molecule has 0 saturated carbocycles. The first-order valence-electron chi connectivity index (χ1n) is 8.10. The molecule has 0 bridgehead atoms. The quantitative estimate of drug-likeness (QED) is 0.660. The number of nitrogens with zero attached hydrogens (tertiary/aromatic N) is 2. The highest BCUT2D eigenvalue weighted by Crippen LogP contribution is 2.35. The van der Waals surface area contributed by atoms with Crippen LogP contribution < -0.4 is 10.0 Å². The molecule has 1 amide bonds. The average molecular weight is 439 g/mol. The van der Waals surface area contributed by atoms with Crippen LogP contribution in [0.1, 0.15) is 17.8 Å². The SMILES string of the molecule is Cn1ccnc1CCNC(=O)CCNS(=O)(=O)c1ccc(Cl)c(C(F)(F)F)c1. The van der Waals surface area contributed by atoms with Gasteiger partial charge in [-0.2, -0.15) is 13.2 Å². The lowest BCUT2D eigenvalue weighted by Gasteiger charge is -2.12. The fourth-order valence-electron chi connectivity index (χ4n) is 2.31. The summed E-state index contributed by atoms with van der Waals surface area (Å²) in [6.45, 7) is 0.0586. The molecule has 2 rings (SSSR count). The lowest BCUT2D eigenvalue weighted by atomic mass is 10.2. The summed E-state index contributed by atoms with van der Waals surface area (Å²) in [5.74, 6) is 0.383. The number of carbonyl (C=O) groups is 1. The van der Waals surface area contributed by atoms with Gasteiger partial charge in [0, 0.05) is 45.4 Å². The van der Waals surface area contributed by atoms with E-state index in [-0.39, 0.29) is 13.0 Å². The Kier molecular flexibility index (Phi) is 7.07. The van der Waals surface area contributed by atoms with Crippen LogP contribution in [0.3, 0.4) is 0 Å². The molecule has 0 saturated heterocycles. The molecule has 0 aliphatic rings. The summed E-state index contributed by atoms with van der Waals surface area (Å²) < 4.78 is 66.8. The van der Waals surface area contributed by atoms with Crippen molar-refractivity contribution in [3.05, 3.63) is 47.0 Å². The Morgan fingerprint density at radius 3 is 2.61 bits per heavy atom. The normalized spacial score (nSPS) is 12.2. The van der Waals surface area contributed by atoms with E-state index in [1.54, 1.807) is 12.4 Å². The smallest absolute Gasteiger partial charge is 0.356 e. The Morgan fingerprint density at radius 2 is 2.00 bits per heavy atom. The van der Waals surface area contributed by atoms with Gasteiger partial charge in [-0.1, -0.05) is 11.6 Å². The van der Waals surface area contributed by atoms with Crippen LogP contribution in [0.2, 0.25) is 5.02 Å². The number of alkyl halides is 3. The third-order valence-electron chi connectivity index (χ3n) is 3.79. The summed E-state index contributed by atoms with van der Waals surface area (Å²) in [6.07, 6.45) is -1.04. The minimum atomic E-state index is -4.78. The summed E-state index contributed by atoms with van der Waals surface area (Å²) in [7, 11) is -2.40. The largest absolute Gasteiger partial charge is 0.417 e. The Labute approximate surface area is 165 Å². The molecule has 2 N–H and O–H groups in total. The first-order chi connectivity index (χ1) is 13.0. The van der Waals surface area contributed by atoms with Crippen molar-refractivity contribution in [3.8, 4) is 0 Å². The molecule has 0 spiro atoms. The van der Waals surface area contributed by atoms with Crippen molar-refractivity contribution in [2.75, 3.05) is 13.1 Å². The molecule has 0 fully saturated rings. The second kappa shape index (κ2) is 8.93. The minimum absolute atomic E-state index is 0.167. The van der Waals surface area contributed by atoms with E-state index in [0.29, 0.717) is 19.0 Å². The van der Waals surface area contributed by atoms with Crippen molar-refractivity contribution in [2.24, 2.45) is 7.05 Å². The van der Waals surface area contributed by atoms with E-state index in [1.807, 2.05) is 11.6 Å². The van der Waals surface area contributed by atoms with E-state index >= 15 is 0 Å². The fourth-order valence-corrected chi connectivity index (χ4v) is 3.59. The Bertz CT molecular complexity index is 945. The maximum Gasteiger partial charge on any atom is 0.417 e. The third kappa shape index (κ3) is 5.94. The van der Waals surface area contributed by atoms with E-state index in [2.05, 4.69) is 15.0 Å². The minimum Gasteiger partial charge on any atom is -0.356 e. The number of sulfonamides is 1. The Balaban J connectivity index is 1.86. The van der Waals surface area contributed by atoms with Crippen molar-refractivity contribution in [2.45, 2.75) is 23.9 Å². The maximum atomic E-state index is 12.9. The number of hydrogen-bond donors (Lipinski definition) is 2. The topological polar surface area (TPSA) is 93.1 Å². The molecule has 154 valence electrons. The monoisotopic (exact) mass is 438 g/mol. The predicted molar refractivity (Wildman–Crippen MR) is 96.2 cm³/mol. The summed E-state index contributed by atoms with van der Waals surface area (Å²) in [6, 6.07) is 2.29. The van der Waals surface area contributed by atoms with Gasteiger partial charge < -0.3 is 9.88 Å². The summed E-state index contributed by atoms with van der Waals surface area (Å²) >= 11 is 5.48. The number of imidazole rings is 1. The lowest BCUT2D eigenvalue weighted by molar-refractivity contribution is -0.137. The molecule has 0 unspecified atom stereocenters. The predicted octanol–water partition coefficient (Wildman–Crippen LogP) is 2.12. The molecule has 12 heteroatoms. The zero-order valence-corrected chi connectivity index (χ0v) is 16.3. The van der Waals surface area contributed by atoms with Crippen molar-refractivity contribution in [3.63, 3.8) is 0 Å². The van der Waals surface area contributed by atoms with Crippen LogP contribution in [0, 0.1) is 0 Å². The number of benzene rings is 1. The molecule has 1 aromatic heterocycles. The van der Waals surface area contributed by atoms with Crippen molar-refractivity contribution in [1.29, 1.82) is 0 Å². The highest BCUT2D eigenvalue weighted by Gasteiger charge is 2.34. The average Bonchev–Trinajstić information content (AvgIpc) is 2.99. The molecule has 0 aliphatic heterocycles. The van der Waals surface area contributed by atoms with Gasteiger partial charge in [0.2, 0.25) is 15.9 Å². The number of aromatic nitrogens is 2. The molecule has 0 radical (unpaired) electrons. The Morgan fingerprint density at radius 1 is 1.29 bits per heavy atom. The van der Waals surface area contributed by atoms with E-state index < -0.39 is 37.6 Å². The van der Waals surface area contributed by atoms with Gasteiger partial charge in [0.1, 0.15) is 5.82 Å². The van der Waals surface area contributed by atoms with Gasteiger partial charge >= 0.3 is 6.18 Å². The molecule has 2 aromatic rings. The number of hydrogen-bond acceptors (Lipinski definition) is 4. The summed E-state index contributed by atoms with van der Waals surface area (Å²) in [5, 5.41) is 2.02. The van der Waals surface area contributed by atoms with Crippen LogP contribution in [-0.4, -0.2) is 37.0 Å². The molecule has 0 atom stereocenters. The molecule has 1 aromatic carbocycles. The fraction of sp³-hybridized carbons (Fsp3) is 0.375. The summed E-state index contributed by atoms with van der Waals surface area (Å²) in [4.78, 5) is 15.3. The van der Waals surface area contributed by atoms with Crippen LogP contribution in [0.5, 0.6) is 0 Å². The van der Waals surface area contributed by atoms with Gasteiger partial charge in [-0.3, -0.25) is 4.79 Å². The number of carbonyl (C=O) groups excluding carboxylic acids is 1. The number of rotatable bonds is 8. The third-order valence-corrected chi connectivity index (χ3v) is 5.58. The molecule has 7 nitrogen and oxygen atoms in total. The van der Waals surface area contributed by atoms with E-state index in [9.17, 15) is 26.4 Å². The first kappa shape index (κ1) is 22.2. The van der Waals surface area contributed by atoms with Crippen LogP contribution in [0.15, 0.2) is 35.5 Å². The Hall–Kier alpha value is -2.11. The van der Waals surface area contributed by atoms with Crippen molar-refractivity contribution in [1.82, 2.24) is 19.6 Å². The highest BCUT2D eigenvalue weighted by molar-refractivity contribution is 7.89. The van der Waals surface area contributed by atoms with Crippen LogP contribution in [0.4, 0.5) is 13.2 Å². The van der Waals surface area contributed by atoms with Gasteiger partial charge in [0.15, 0.2) is 0 Å². The molecular formula is C16H18ClF3N4O3S. The molecular weight excluding hydrogens is 421 g/mol. The van der Waals surface area contributed by atoms with Crippen molar-refractivity contribution < 1.29 is 26.4 Å². The van der Waals surface area contributed by atoms with Crippen LogP contribution in [0.25, 0.3) is 0 Å². The lowest BCUT2D eigenvalue weighted by Crippen LogP contribution is -2.32. The second-order valence-electron chi connectivity index (χ2n) is 5.84. The van der Waals surface area contributed by atoms with Crippen LogP contribution in [-0.2, 0) is 34.5 Å². The van der Waals surface area contributed by atoms with Crippen LogP contribution >= 0.6 is 11.6 Å². The van der Waals surface area contributed by atoms with E-state index in [1.165, 1.54) is 0 Å². The number of aryl methyl sites for hydroxylation is 1. The second-order valence-corrected chi connectivity index (χ2v) is 8.02. The first-order valence-corrected chi connectivity index (χ1v) is 9.96. The number of nitrogens with one attached hydrogen (secondary N) is 2. The summed E-state index contributed by atoms with van der Waals surface area (Å²) in [5.41, 5.74) is -1.25. The van der Waals surface area contributed by atoms with Gasteiger partial charge in [-0.25, -0.2) is 18.1 Å². The number of halogens is 4. The maximum absolute atomic E-state index is 12.9. The molecule has 1 heterocycles. The van der Waals surface area contributed by atoms with E-state index in [0.717, 1.165) is 18.0 Å². The highest BCUT2D eigenvalue weighted by atomic mass is 35.5. The van der Waals surface area contributed by atoms with Crippen molar-refractivity contribution >= 4 is 27.5 Å². The molecule has 0 aliphatic carbocycles. The standard InChI is InChI=1S/C16H18ClF3N4O3S/c1-24-9-8-21-14(24)4-6-22-15(25)5-7-23-28(26,27)11-2-3-13(17)12(10-11)16(18,19)20/h2-3,8-10,23H,4-7H2,1H3,(H,22,25). The zero-order chi connectivity index (χ0) is 20.9. The van der Waals surface area contributed by atoms with Gasteiger partial charge in [0.05, 0.1) is 15.5 Å². The van der Waals surface area contributed by atoms with E-state index in [4.69, 9.17) is 11.6 Å². The number of amides is 1. The van der Waals surface area contributed by atoms with Gasteiger partial charge in [0.25, 0.3) is 0 Å². The molecule has 28 heavy (non-hydrogen) atoms.